The van der Waals surface area contributed by atoms with Crippen molar-refractivity contribution in [3.63, 3.8) is 0 Å². The predicted octanol–water partition coefficient (Wildman–Crippen LogP) is 1.85. The molecule has 0 saturated heterocycles. The molecule has 3 nitrogen and oxygen atoms in total. The van der Waals surface area contributed by atoms with Crippen molar-refractivity contribution in [2.24, 2.45) is 10.9 Å². The van der Waals surface area contributed by atoms with Crippen molar-refractivity contribution in [1.29, 1.82) is 0 Å². The van der Waals surface area contributed by atoms with Crippen molar-refractivity contribution in [2.75, 3.05) is 5.32 Å². The van der Waals surface area contributed by atoms with Gasteiger partial charge in [0.1, 0.15) is 5.82 Å². The second-order valence-electron chi connectivity index (χ2n) is 3.90. The third kappa shape index (κ3) is 1.24. The Kier molecular flexibility index (Phi) is 1.45. The van der Waals surface area contributed by atoms with Gasteiger partial charge in [0.2, 0.25) is 0 Å². The van der Waals surface area contributed by atoms with Gasteiger partial charge in [-0.15, -0.1) is 0 Å². The Hall–Kier alpha value is -1.25. The van der Waals surface area contributed by atoms with Gasteiger partial charge in [0.05, 0.1) is 12.9 Å². The second kappa shape index (κ2) is 2.62. The van der Waals surface area contributed by atoms with E-state index in [-0.39, 0.29) is 0 Å². The summed E-state index contributed by atoms with van der Waals surface area (Å²) in [6.45, 7) is 2.01. The third-order valence-corrected chi connectivity index (χ3v) is 2.75. The number of nitrogens with one attached hydrogen (secondary N) is 1. The van der Waals surface area contributed by atoms with Crippen LogP contribution in [0, 0.1) is 5.92 Å². The fourth-order valence-electron chi connectivity index (χ4n) is 1.80. The van der Waals surface area contributed by atoms with Gasteiger partial charge in [-0.3, -0.25) is 4.99 Å². The fourth-order valence-corrected chi connectivity index (χ4v) is 1.80. The maximum absolute atomic E-state index is 4.18. The zero-order chi connectivity index (χ0) is 8.67. The van der Waals surface area contributed by atoms with Crippen LogP contribution in [0.4, 0.5) is 5.82 Å². The predicted molar refractivity (Wildman–Crippen MR) is 53.0 cm³/mol. The molecule has 0 spiro atoms. The molecule has 1 saturated carbocycles. The minimum absolute atomic E-state index is 0.833. The molecule has 2 heterocycles. The summed E-state index contributed by atoms with van der Waals surface area (Å²) in [6.07, 6.45) is 6.78. The summed E-state index contributed by atoms with van der Waals surface area (Å²) < 4.78 is 2.32. The second-order valence-corrected chi connectivity index (χ2v) is 3.90. The SMILES string of the molecule is C1=NCc2ccn(CC3CC3)c2N1. The number of rotatable bonds is 2. The minimum Gasteiger partial charge on any atom is -0.334 e. The Balaban J connectivity index is 1.89. The highest BCUT2D eigenvalue weighted by atomic mass is 15.1. The van der Waals surface area contributed by atoms with Crippen LogP contribution in [0.15, 0.2) is 17.3 Å². The lowest BCUT2D eigenvalue weighted by Gasteiger charge is -2.12. The van der Waals surface area contributed by atoms with Crippen LogP contribution >= 0.6 is 0 Å². The van der Waals surface area contributed by atoms with E-state index in [2.05, 4.69) is 27.1 Å². The van der Waals surface area contributed by atoms with Gasteiger partial charge in [-0.1, -0.05) is 0 Å². The van der Waals surface area contributed by atoms with Gasteiger partial charge >= 0.3 is 0 Å². The highest BCUT2D eigenvalue weighted by Gasteiger charge is 2.23. The van der Waals surface area contributed by atoms with E-state index in [4.69, 9.17) is 0 Å². The summed E-state index contributed by atoms with van der Waals surface area (Å²) in [5, 5.41) is 3.22. The Morgan fingerprint density at radius 1 is 1.54 bits per heavy atom. The monoisotopic (exact) mass is 175 g/mol. The quantitative estimate of drug-likeness (QED) is 0.730. The van der Waals surface area contributed by atoms with Gasteiger partial charge in [0.15, 0.2) is 0 Å². The highest BCUT2D eigenvalue weighted by Crippen LogP contribution is 2.33. The molecule has 13 heavy (non-hydrogen) atoms. The molecule has 2 aliphatic rings. The van der Waals surface area contributed by atoms with Gasteiger partial charge in [0.25, 0.3) is 0 Å². The minimum atomic E-state index is 0.833. The summed E-state index contributed by atoms with van der Waals surface area (Å²) >= 11 is 0. The Morgan fingerprint density at radius 3 is 3.31 bits per heavy atom. The third-order valence-electron chi connectivity index (χ3n) is 2.75. The van der Waals surface area contributed by atoms with Crippen LogP contribution in [0.3, 0.4) is 0 Å². The number of aliphatic imine (C=N–C) groups is 1. The first-order valence-electron chi connectivity index (χ1n) is 4.86. The first kappa shape index (κ1) is 7.18. The van der Waals surface area contributed by atoms with Gasteiger partial charge in [-0.25, -0.2) is 0 Å². The molecule has 1 aromatic heterocycles. The standard InChI is InChI=1S/C10H13N3/c1-2-8(1)6-13-4-3-9-5-11-7-12-10(9)13/h3-4,7-8H,1-2,5-6H2,(H,11,12). The summed E-state index contributed by atoms with van der Waals surface area (Å²) in [4.78, 5) is 4.18. The van der Waals surface area contributed by atoms with Gasteiger partial charge in [0, 0.05) is 18.3 Å². The topological polar surface area (TPSA) is 29.3 Å². The van der Waals surface area contributed by atoms with Crippen LogP contribution in [-0.2, 0) is 13.1 Å². The molecule has 0 unspecified atom stereocenters. The molecule has 0 radical (unpaired) electrons. The number of anilines is 1. The number of hydrogen-bond acceptors (Lipinski definition) is 2. The van der Waals surface area contributed by atoms with Gasteiger partial charge < -0.3 is 9.88 Å². The zero-order valence-corrected chi connectivity index (χ0v) is 7.53. The van der Waals surface area contributed by atoms with Gasteiger partial charge in [-0.2, -0.15) is 0 Å². The first-order chi connectivity index (χ1) is 6.43. The molecule has 1 aliphatic carbocycles. The van der Waals surface area contributed by atoms with E-state index in [0.717, 1.165) is 12.5 Å². The first-order valence-corrected chi connectivity index (χ1v) is 4.86. The molecule has 68 valence electrons. The molecule has 3 rings (SSSR count). The highest BCUT2D eigenvalue weighted by molar-refractivity contribution is 5.78. The molecule has 0 amide bonds. The van der Waals surface area contributed by atoms with Gasteiger partial charge in [-0.05, 0) is 24.8 Å². The van der Waals surface area contributed by atoms with Crippen molar-refractivity contribution in [2.45, 2.75) is 25.9 Å². The van der Waals surface area contributed by atoms with E-state index >= 15 is 0 Å². The molecule has 0 bridgehead atoms. The summed E-state index contributed by atoms with van der Waals surface area (Å²) in [6, 6.07) is 2.17. The van der Waals surface area contributed by atoms with Crippen molar-refractivity contribution in [3.8, 4) is 0 Å². The van der Waals surface area contributed by atoms with E-state index in [1.54, 1.807) is 6.34 Å². The lowest BCUT2D eigenvalue weighted by Crippen LogP contribution is -2.10. The molecule has 1 fully saturated rings. The number of aromatic nitrogens is 1. The fraction of sp³-hybridized carbons (Fsp3) is 0.500. The Labute approximate surface area is 77.5 Å². The van der Waals surface area contributed by atoms with E-state index < -0.39 is 0 Å². The molecule has 1 aromatic rings. The van der Waals surface area contributed by atoms with E-state index in [0.29, 0.717) is 0 Å². The molecule has 0 aromatic carbocycles. The summed E-state index contributed by atoms with van der Waals surface area (Å²) in [5.74, 6) is 2.18. The molecular formula is C10H13N3. The van der Waals surface area contributed by atoms with Crippen molar-refractivity contribution in [3.05, 3.63) is 17.8 Å². The molecular weight excluding hydrogens is 162 g/mol. The number of fused-ring (bicyclic) bond motifs is 1. The summed E-state index contributed by atoms with van der Waals surface area (Å²) in [7, 11) is 0. The molecule has 3 heteroatoms. The van der Waals surface area contributed by atoms with Crippen LogP contribution in [0.5, 0.6) is 0 Å². The average Bonchev–Trinajstić information content (AvgIpc) is 2.88. The van der Waals surface area contributed by atoms with Crippen molar-refractivity contribution < 1.29 is 0 Å². The maximum atomic E-state index is 4.18. The Bertz CT molecular complexity index is 347. The van der Waals surface area contributed by atoms with Crippen LogP contribution < -0.4 is 5.32 Å². The van der Waals surface area contributed by atoms with Crippen molar-refractivity contribution >= 4 is 12.2 Å². The smallest absolute Gasteiger partial charge is 0.116 e. The van der Waals surface area contributed by atoms with E-state index in [1.165, 1.54) is 30.8 Å². The molecule has 1 aliphatic heterocycles. The average molecular weight is 175 g/mol. The van der Waals surface area contributed by atoms with E-state index in [1.807, 2.05) is 0 Å². The lowest BCUT2D eigenvalue weighted by atomic mass is 10.3. The summed E-state index contributed by atoms with van der Waals surface area (Å²) in [5.41, 5.74) is 1.32. The van der Waals surface area contributed by atoms with Crippen LogP contribution in [-0.4, -0.2) is 10.9 Å². The molecule has 0 atom stereocenters. The zero-order valence-electron chi connectivity index (χ0n) is 7.53. The Morgan fingerprint density at radius 2 is 2.46 bits per heavy atom. The van der Waals surface area contributed by atoms with Crippen LogP contribution in [0.25, 0.3) is 0 Å². The lowest BCUT2D eigenvalue weighted by molar-refractivity contribution is 0.635. The van der Waals surface area contributed by atoms with Crippen LogP contribution in [0.1, 0.15) is 18.4 Å². The largest absolute Gasteiger partial charge is 0.334 e. The number of hydrogen-bond donors (Lipinski definition) is 1. The van der Waals surface area contributed by atoms with E-state index in [9.17, 15) is 0 Å². The normalized spacial score (nSPS) is 19.7. The number of nitrogens with zero attached hydrogens (tertiary/aromatic N) is 2. The van der Waals surface area contributed by atoms with Crippen molar-refractivity contribution in [1.82, 2.24) is 4.57 Å². The maximum Gasteiger partial charge on any atom is 0.116 e. The molecule has 1 N–H and O–H groups in total. The van der Waals surface area contributed by atoms with Crippen LogP contribution in [0.2, 0.25) is 0 Å².